The minimum absolute atomic E-state index is 0.0425. The van der Waals surface area contributed by atoms with E-state index in [1.165, 1.54) is 0 Å². The Morgan fingerprint density at radius 3 is 2.41 bits per heavy atom. The van der Waals surface area contributed by atoms with Crippen molar-refractivity contribution in [2.45, 2.75) is 27.2 Å². The Morgan fingerprint density at radius 1 is 1.18 bits per heavy atom. The van der Waals surface area contributed by atoms with Gasteiger partial charge in [-0.25, -0.2) is 0 Å². The van der Waals surface area contributed by atoms with Crippen LogP contribution >= 0.6 is 0 Å². The predicted octanol–water partition coefficient (Wildman–Crippen LogP) is 2.50. The SMILES string of the molecule is CCc1ccccc1OCC(=O)N(CC)CC. The maximum absolute atomic E-state index is 11.8. The number of benzene rings is 1. The van der Waals surface area contributed by atoms with Gasteiger partial charge in [0, 0.05) is 13.1 Å². The van der Waals surface area contributed by atoms with E-state index < -0.39 is 0 Å². The molecule has 0 saturated carbocycles. The second-order valence-electron chi connectivity index (χ2n) is 3.82. The quantitative estimate of drug-likeness (QED) is 0.758. The number of aryl methyl sites for hydroxylation is 1. The molecule has 0 fully saturated rings. The molecule has 0 N–H and O–H groups in total. The first kappa shape index (κ1) is 13.6. The van der Waals surface area contributed by atoms with Crippen molar-refractivity contribution in [3.05, 3.63) is 29.8 Å². The number of rotatable bonds is 6. The Balaban J connectivity index is 2.58. The molecule has 0 heterocycles. The third-order valence-electron chi connectivity index (χ3n) is 2.82. The molecule has 17 heavy (non-hydrogen) atoms. The summed E-state index contributed by atoms with van der Waals surface area (Å²) in [7, 11) is 0. The maximum atomic E-state index is 11.8. The van der Waals surface area contributed by atoms with Crippen LogP contribution in [0.25, 0.3) is 0 Å². The number of amides is 1. The van der Waals surface area contributed by atoms with Crippen molar-refractivity contribution >= 4 is 5.91 Å². The molecule has 0 aliphatic carbocycles. The molecule has 94 valence electrons. The first-order chi connectivity index (χ1) is 8.22. The van der Waals surface area contributed by atoms with E-state index in [0.717, 1.165) is 30.8 Å². The van der Waals surface area contributed by atoms with Gasteiger partial charge < -0.3 is 9.64 Å². The summed E-state index contributed by atoms with van der Waals surface area (Å²) in [5.41, 5.74) is 1.14. The van der Waals surface area contributed by atoms with Gasteiger partial charge in [0.1, 0.15) is 5.75 Å². The van der Waals surface area contributed by atoms with E-state index >= 15 is 0 Å². The summed E-state index contributed by atoms with van der Waals surface area (Å²) in [6, 6.07) is 7.85. The average Bonchev–Trinajstić information content (AvgIpc) is 2.38. The van der Waals surface area contributed by atoms with Crippen molar-refractivity contribution in [3.63, 3.8) is 0 Å². The molecular weight excluding hydrogens is 214 g/mol. The summed E-state index contributed by atoms with van der Waals surface area (Å²) in [5.74, 6) is 0.858. The number of para-hydroxylation sites is 1. The van der Waals surface area contributed by atoms with E-state index in [9.17, 15) is 4.79 Å². The molecule has 1 aromatic rings. The van der Waals surface area contributed by atoms with E-state index in [4.69, 9.17) is 4.74 Å². The molecule has 1 amide bonds. The predicted molar refractivity (Wildman–Crippen MR) is 69.2 cm³/mol. The van der Waals surface area contributed by atoms with Gasteiger partial charge in [0.2, 0.25) is 0 Å². The Morgan fingerprint density at radius 2 is 1.82 bits per heavy atom. The number of carbonyl (C=O) groups is 1. The maximum Gasteiger partial charge on any atom is 0.260 e. The first-order valence-electron chi connectivity index (χ1n) is 6.21. The van der Waals surface area contributed by atoms with E-state index in [1.807, 2.05) is 38.1 Å². The molecule has 3 nitrogen and oxygen atoms in total. The molecule has 0 unspecified atom stereocenters. The van der Waals surface area contributed by atoms with Crippen molar-refractivity contribution in [3.8, 4) is 5.75 Å². The van der Waals surface area contributed by atoms with Gasteiger partial charge in [-0.15, -0.1) is 0 Å². The van der Waals surface area contributed by atoms with Crippen LogP contribution < -0.4 is 4.74 Å². The van der Waals surface area contributed by atoms with E-state index in [0.29, 0.717) is 0 Å². The molecule has 0 radical (unpaired) electrons. The topological polar surface area (TPSA) is 29.5 Å². The normalized spacial score (nSPS) is 10.1. The third-order valence-corrected chi connectivity index (χ3v) is 2.82. The van der Waals surface area contributed by atoms with Gasteiger partial charge in [0.05, 0.1) is 0 Å². The average molecular weight is 235 g/mol. The lowest BCUT2D eigenvalue weighted by atomic mass is 10.1. The van der Waals surface area contributed by atoms with Gasteiger partial charge in [-0.2, -0.15) is 0 Å². The van der Waals surface area contributed by atoms with Crippen molar-refractivity contribution in [2.75, 3.05) is 19.7 Å². The Labute approximate surface area is 103 Å². The lowest BCUT2D eigenvalue weighted by Gasteiger charge is -2.19. The van der Waals surface area contributed by atoms with E-state index in [1.54, 1.807) is 4.90 Å². The number of hydrogen-bond donors (Lipinski definition) is 0. The fourth-order valence-electron chi connectivity index (χ4n) is 1.74. The van der Waals surface area contributed by atoms with Gasteiger partial charge >= 0.3 is 0 Å². The minimum Gasteiger partial charge on any atom is -0.483 e. The second-order valence-corrected chi connectivity index (χ2v) is 3.82. The molecule has 1 rings (SSSR count). The monoisotopic (exact) mass is 235 g/mol. The highest BCUT2D eigenvalue weighted by Crippen LogP contribution is 2.18. The molecule has 0 aromatic heterocycles. The van der Waals surface area contributed by atoms with Gasteiger partial charge in [-0.05, 0) is 31.9 Å². The first-order valence-corrected chi connectivity index (χ1v) is 6.21. The Hall–Kier alpha value is -1.51. The largest absolute Gasteiger partial charge is 0.483 e. The molecule has 0 aliphatic heterocycles. The highest BCUT2D eigenvalue weighted by molar-refractivity contribution is 5.77. The lowest BCUT2D eigenvalue weighted by molar-refractivity contribution is -0.132. The lowest BCUT2D eigenvalue weighted by Crippen LogP contribution is -2.34. The molecule has 3 heteroatoms. The van der Waals surface area contributed by atoms with Crippen LogP contribution in [0.1, 0.15) is 26.3 Å². The van der Waals surface area contributed by atoms with Gasteiger partial charge in [-0.1, -0.05) is 25.1 Å². The van der Waals surface area contributed by atoms with Crippen LogP contribution in [-0.2, 0) is 11.2 Å². The zero-order valence-electron chi connectivity index (χ0n) is 10.9. The molecule has 0 bridgehead atoms. The minimum atomic E-state index is 0.0425. The molecule has 1 aromatic carbocycles. The fourth-order valence-corrected chi connectivity index (χ4v) is 1.74. The molecular formula is C14H21NO2. The van der Waals surface area contributed by atoms with Crippen LogP contribution in [0.2, 0.25) is 0 Å². The zero-order valence-corrected chi connectivity index (χ0v) is 10.9. The fraction of sp³-hybridized carbons (Fsp3) is 0.500. The summed E-state index contributed by atoms with van der Waals surface area (Å²) < 4.78 is 5.58. The van der Waals surface area contributed by atoms with Gasteiger partial charge in [0.25, 0.3) is 5.91 Å². The van der Waals surface area contributed by atoms with Crippen LogP contribution in [0.3, 0.4) is 0 Å². The standard InChI is InChI=1S/C14H21NO2/c1-4-12-9-7-8-10-13(12)17-11-14(16)15(5-2)6-3/h7-10H,4-6,11H2,1-3H3. The second kappa shape index (κ2) is 6.94. The summed E-state index contributed by atoms with van der Waals surface area (Å²) in [4.78, 5) is 13.6. The van der Waals surface area contributed by atoms with Gasteiger partial charge in [0.15, 0.2) is 6.61 Å². The summed E-state index contributed by atoms with van der Waals surface area (Å²) in [5, 5.41) is 0. The van der Waals surface area contributed by atoms with E-state index in [-0.39, 0.29) is 12.5 Å². The van der Waals surface area contributed by atoms with Crippen LogP contribution in [-0.4, -0.2) is 30.5 Å². The number of nitrogens with zero attached hydrogens (tertiary/aromatic N) is 1. The van der Waals surface area contributed by atoms with Crippen LogP contribution in [0.4, 0.5) is 0 Å². The van der Waals surface area contributed by atoms with Crippen LogP contribution in [0.5, 0.6) is 5.75 Å². The summed E-state index contributed by atoms with van der Waals surface area (Å²) in [6.45, 7) is 7.61. The van der Waals surface area contributed by atoms with Crippen molar-refractivity contribution < 1.29 is 9.53 Å². The number of carbonyl (C=O) groups excluding carboxylic acids is 1. The Kier molecular flexibility index (Phi) is 5.53. The number of likely N-dealkylation sites (N-methyl/N-ethyl adjacent to an activating group) is 1. The number of ether oxygens (including phenoxy) is 1. The smallest absolute Gasteiger partial charge is 0.260 e. The van der Waals surface area contributed by atoms with Crippen LogP contribution in [0, 0.1) is 0 Å². The molecule has 0 atom stereocenters. The van der Waals surface area contributed by atoms with Crippen molar-refractivity contribution in [2.24, 2.45) is 0 Å². The molecule has 0 aliphatic rings. The zero-order chi connectivity index (χ0) is 12.7. The Bertz CT molecular complexity index is 359. The van der Waals surface area contributed by atoms with Crippen LogP contribution in [0.15, 0.2) is 24.3 Å². The summed E-state index contributed by atoms with van der Waals surface area (Å²) >= 11 is 0. The highest BCUT2D eigenvalue weighted by Gasteiger charge is 2.10. The van der Waals surface area contributed by atoms with Crippen molar-refractivity contribution in [1.29, 1.82) is 0 Å². The van der Waals surface area contributed by atoms with Crippen molar-refractivity contribution in [1.82, 2.24) is 4.90 Å². The third kappa shape index (κ3) is 3.77. The highest BCUT2D eigenvalue weighted by atomic mass is 16.5. The summed E-state index contributed by atoms with van der Waals surface area (Å²) in [6.07, 6.45) is 0.912. The van der Waals surface area contributed by atoms with Gasteiger partial charge in [-0.3, -0.25) is 4.79 Å². The van der Waals surface area contributed by atoms with E-state index in [2.05, 4.69) is 6.92 Å². The number of hydrogen-bond acceptors (Lipinski definition) is 2. The molecule has 0 spiro atoms. The molecule has 0 saturated heterocycles.